The van der Waals surface area contributed by atoms with Gasteiger partial charge in [0.1, 0.15) is 18.1 Å². The number of hydrogen-bond acceptors (Lipinski definition) is 4. The zero-order valence-electron chi connectivity index (χ0n) is 12.5. The Bertz CT molecular complexity index is 658. The van der Waals surface area contributed by atoms with E-state index in [0.717, 1.165) is 33.9 Å². The van der Waals surface area contributed by atoms with Gasteiger partial charge in [-0.25, -0.2) is 0 Å². The van der Waals surface area contributed by atoms with Gasteiger partial charge in [0.15, 0.2) is 0 Å². The molecule has 0 atom stereocenters. The summed E-state index contributed by atoms with van der Waals surface area (Å²) in [5, 5.41) is 8.64. The van der Waals surface area contributed by atoms with Crippen LogP contribution in [0.5, 0.6) is 11.5 Å². The van der Waals surface area contributed by atoms with E-state index >= 15 is 0 Å². The summed E-state index contributed by atoms with van der Waals surface area (Å²) in [6.07, 6.45) is 2.21. The summed E-state index contributed by atoms with van der Waals surface area (Å²) in [4.78, 5) is 4.40. The third kappa shape index (κ3) is 3.51. The summed E-state index contributed by atoms with van der Waals surface area (Å²) in [5.74, 6) is 1.62. The van der Waals surface area contributed by atoms with Gasteiger partial charge in [-0.2, -0.15) is 5.26 Å². The van der Waals surface area contributed by atoms with E-state index in [2.05, 4.69) is 11.1 Å². The smallest absolute Gasteiger partial charge is 0.131 e. The maximum absolute atomic E-state index is 8.64. The number of methoxy groups -OCH3 is 1. The van der Waals surface area contributed by atoms with Crippen LogP contribution in [0.1, 0.15) is 22.4 Å². The molecule has 0 bridgehead atoms. The highest BCUT2D eigenvalue weighted by Gasteiger charge is 2.09. The normalized spacial score (nSPS) is 10.0. The lowest BCUT2D eigenvalue weighted by Crippen LogP contribution is -2.04. The zero-order valence-corrected chi connectivity index (χ0v) is 12.5. The molecule has 1 aromatic heterocycles. The summed E-state index contributed by atoms with van der Waals surface area (Å²) in [5.41, 5.74) is 3.85. The number of benzene rings is 1. The van der Waals surface area contributed by atoms with E-state index in [0.29, 0.717) is 13.0 Å². The van der Waals surface area contributed by atoms with Crippen LogP contribution in [0.2, 0.25) is 0 Å². The van der Waals surface area contributed by atoms with E-state index in [1.54, 1.807) is 13.3 Å². The molecule has 0 saturated heterocycles. The maximum atomic E-state index is 8.64. The summed E-state index contributed by atoms with van der Waals surface area (Å²) < 4.78 is 11.1. The SMILES string of the molecule is COc1c(C)cnc(COc2ccc(CC#N)cc2)c1C. The van der Waals surface area contributed by atoms with Crippen LogP contribution < -0.4 is 9.47 Å². The zero-order chi connectivity index (χ0) is 15.2. The van der Waals surface area contributed by atoms with E-state index in [1.165, 1.54) is 0 Å². The summed E-state index contributed by atoms with van der Waals surface area (Å²) in [7, 11) is 1.66. The first-order valence-corrected chi connectivity index (χ1v) is 6.73. The first-order chi connectivity index (χ1) is 10.2. The molecule has 108 valence electrons. The fourth-order valence-corrected chi connectivity index (χ4v) is 2.16. The lowest BCUT2D eigenvalue weighted by Gasteiger charge is -2.13. The molecule has 1 aromatic carbocycles. The van der Waals surface area contributed by atoms with Crippen LogP contribution in [-0.2, 0) is 13.0 Å². The maximum Gasteiger partial charge on any atom is 0.131 e. The topological polar surface area (TPSA) is 55.1 Å². The summed E-state index contributed by atoms with van der Waals surface area (Å²) in [6, 6.07) is 9.65. The number of aryl methyl sites for hydroxylation is 1. The summed E-state index contributed by atoms with van der Waals surface area (Å²) in [6.45, 7) is 4.34. The number of ether oxygens (including phenoxy) is 2. The molecular weight excluding hydrogens is 264 g/mol. The second kappa shape index (κ2) is 6.76. The molecule has 0 unspecified atom stereocenters. The molecule has 0 aliphatic carbocycles. The molecule has 2 rings (SSSR count). The molecule has 0 radical (unpaired) electrons. The van der Waals surface area contributed by atoms with Crippen LogP contribution in [-0.4, -0.2) is 12.1 Å². The van der Waals surface area contributed by atoms with Gasteiger partial charge in [0.25, 0.3) is 0 Å². The molecule has 0 fully saturated rings. The van der Waals surface area contributed by atoms with Crippen molar-refractivity contribution in [1.82, 2.24) is 4.98 Å². The Morgan fingerprint density at radius 3 is 2.52 bits per heavy atom. The molecule has 4 nitrogen and oxygen atoms in total. The van der Waals surface area contributed by atoms with Crippen LogP contribution in [0.4, 0.5) is 0 Å². The Morgan fingerprint density at radius 2 is 1.90 bits per heavy atom. The number of nitriles is 1. The van der Waals surface area contributed by atoms with Crippen molar-refractivity contribution in [3.8, 4) is 17.6 Å². The Labute approximate surface area is 125 Å². The van der Waals surface area contributed by atoms with Crippen molar-refractivity contribution in [3.05, 3.63) is 52.8 Å². The van der Waals surface area contributed by atoms with E-state index < -0.39 is 0 Å². The molecular formula is C17H18N2O2. The van der Waals surface area contributed by atoms with Gasteiger partial charge in [-0.1, -0.05) is 12.1 Å². The fraction of sp³-hybridized carbons (Fsp3) is 0.294. The van der Waals surface area contributed by atoms with Crippen LogP contribution in [0.25, 0.3) is 0 Å². The van der Waals surface area contributed by atoms with Gasteiger partial charge < -0.3 is 9.47 Å². The predicted molar refractivity (Wildman–Crippen MR) is 80.4 cm³/mol. The number of aromatic nitrogens is 1. The molecule has 0 aliphatic heterocycles. The molecule has 0 saturated carbocycles. The fourth-order valence-electron chi connectivity index (χ4n) is 2.16. The van der Waals surface area contributed by atoms with Gasteiger partial charge in [-0.15, -0.1) is 0 Å². The van der Waals surface area contributed by atoms with E-state index in [-0.39, 0.29) is 0 Å². The molecule has 0 aliphatic rings. The highest BCUT2D eigenvalue weighted by Crippen LogP contribution is 2.25. The number of rotatable bonds is 5. The predicted octanol–water partition coefficient (Wildman–Crippen LogP) is 3.35. The van der Waals surface area contributed by atoms with Crippen LogP contribution in [0, 0.1) is 25.2 Å². The lowest BCUT2D eigenvalue weighted by atomic mass is 10.1. The van der Waals surface area contributed by atoms with Crippen molar-refractivity contribution >= 4 is 0 Å². The Morgan fingerprint density at radius 1 is 1.19 bits per heavy atom. The average Bonchev–Trinajstić information content (AvgIpc) is 2.49. The van der Waals surface area contributed by atoms with Gasteiger partial charge in [-0.05, 0) is 31.5 Å². The van der Waals surface area contributed by atoms with Gasteiger partial charge in [0.2, 0.25) is 0 Å². The van der Waals surface area contributed by atoms with Gasteiger partial charge in [-0.3, -0.25) is 4.98 Å². The van der Waals surface area contributed by atoms with Gasteiger partial charge in [0, 0.05) is 17.3 Å². The Balaban J connectivity index is 2.08. The minimum absolute atomic E-state index is 0.389. The molecule has 2 aromatic rings. The third-order valence-electron chi connectivity index (χ3n) is 3.33. The third-order valence-corrected chi connectivity index (χ3v) is 3.33. The quantitative estimate of drug-likeness (QED) is 0.844. The molecule has 0 amide bonds. The van der Waals surface area contributed by atoms with Crippen molar-refractivity contribution in [2.45, 2.75) is 26.9 Å². The highest BCUT2D eigenvalue weighted by atomic mass is 16.5. The second-order valence-corrected chi connectivity index (χ2v) is 4.81. The number of nitrogens with zero attached hydrogens (tertiary/aromatic N) is 2. The molecule has 4 heteroatoms. The first kappa shape index (κ1) is 14.9. The van der Waals surface area contributed by atoms with Crippen molar-refractivity contribution < 1.29 is 9.47 Å². The van der Waals surface area contributed by atoms with Crippen molar-refractivity contribution in [2.75, 3.05) is 7.11 Å². The number of pyridine rings is 1. The first-order valence-electron chi connectivity index (χ1n) is 6.73. The Hall–Kier alpha value is -2.54. The second-order valence-electron chi connectivity index (χ2n) is 4.81. The van der Waals surface area contributed by atoms with Crippen LogP contribution >= 0.6 is 0 Å². The lowest BCUT2D eigenvalue weighted by molar-refractivity contribution is 0.298. The summed E-state index contributed by atoms with van der Waals surface area (Å²) >= 11 is 0. The highest BCUT2D eigenvalue weighted by molar-refractivity contribution is 5.41. The van der Waals surface area contributed by atoms with Crippen LogP contribution in [0.15, 0.2) is 30.5 Å². The van der Waals surface area contributed by atoms with Crippen molar-refractivity contribution in [3.63, 3.8) is 0 Å². The molecule has 21 heavy (non-hydrogen) atoms. The Kier molecular flexibility index (Phi) is 4.78. The average molecular weight is 282 g/mol. The molecule has 1 heterocycles. The minimum Gasteiger partial charge on any atom is -0.496 e. The number of hydrogen-bond donors (Lipinski definition) is 0. The van der Waals surface area contributed by atoms with E-state index in [1.807, 2.05) is 38.1 Å². The monoisotopic (exact) mass is 282 g/mol. The largest absolute Gasteiger partial charge is 0.496 e. The van der Waals surface area contributed by atoms with Crippen molar-refractivity contribution in [1.29, 1.82) is 5.26 Å². The van der Waals surface area contributed by atoms with E-state index in [4.69, 9.17) is 14.7 Å². The van der Waals surface area contributed by atoms with Crippen LogP contribution in [0.3, 0.4) is 0 Å². The van der Waals surface area contributed by atoms with Gasteiger partial charge in [0.05, 0.1) is 25.3 Å². The molecule has 0 spiro atoms. The van der Waals surface area contributed by atoms with Crippen molar-refractivity contribution in [2.24, 2.45) is 0 Å². The molecule has 0 N–H and O–H groups in total. The van der Waals surface area contributed by atoms with Gasteiger partial charge >= 0.3 is 0 Å². The standard InChI is InChI=1S/C17H18N2O2/c1-12-10-19-16(13(2)17(12)20-3)11-21-15-6-4-14(5-7-15)8-9-18/h4-7,10H,8,11H2,1-3H3. The van der Waals surface area contributed by atoms with E-state index in [9.17, 15) is 0 Å². The minimum atomic E-state index is 0.389.